The van der Waals surface area contributed by atoms with E-state index in [1.54, 1.807) is 0 Å². The molecule has 0 saturated carbocycles. The molecule has 0 rings (SSSR count). The molecule has 0 aromatic heterocycles. The fraction of sp³-hybridized carbons (Fsp3) is 0. The molecule has 0 spiro atoms. The summed E-state index contributed by atoms with van der Waals surface area (Å²) in [7, 11) is -5.91. The first-order chi connectivity index (χ1) is 3.46. The normalized spacial score (nSPS) is 9.00. The van der Waals surface area contributed by atoms with Crippen molar-refractivity contribution in [2.45, 2.75) is 0 Å². The van der Waals surface area contributed by atoms with Crippen molar-refractivity contribution in [3.8, 4) is 0 Å². The molecule has 0 aliphatic heterocycles. The Morgan fingerprint density at radius 2 is 0.875 bits per heavy atom. The van der Waals surface area contributed by atoms with Gasteiger partial charge in [-0.15, -0.1) is 0 Å². The van der Waals surface area contributed by atoms with E-state index in [-0.39, 0.29) is 0 Å². The van der Waals surface area contributed by atoms with Crippen molar-refractivity contribution in [3.63, 3.8) is 0 Å². The largest absolute Gasteiger partial charge is 0.860 e. The Morgan fingerprint density at radius 3 is 0.875 bits per heavy atom. The van der Waals surface area contributed by atoms with E-state index in [2.05, 4.69) is 12.2 Å². The fourth-order valence-corrected chi connectivity index (χ4v) is 0. The van der Waals surface area contributed by atoms with Crippen LogP contribution >= 0.6 is 16.2 Å². The van der Waals surface area contributed by atoms with Crippen molar-refractivity contribution >= 4 is 28.4 Å². The number of rotatable bonds is 0. The van der Waals surface area contributed by atoms with Gasteiger partial charge in [-0.05, 0) is 0 Å². The van der Waals surface area contributed by atoms with Gasteiger partial charge in [-0.25, -0.2) is 0 Å². The zero-order valence-corrected chi connectivity index (χ0v) is 5.95. The molecule has 8 heteroatoms. The highest BCUT2D eigenvalue weighted by Gasteiger charge is 1.10. The minimum atomic E-state index is -3.37. The van der Waals surface area contributed by atoms with E-state index in [4.69, 9.17) is 24.5 Å². The lowest BCUT2D eigenvalue weighted by Gasteiger charge is -2.40. The molecule has 0 N–H and O–H groups in total. The second kappa shape index (κ2) is 8.01. The minimum absolute atomic E-state index is 2.54. The van der Waals surface area contributed by atoms with Crippen molar-refractivity contribution in [1.82, 2.24) is 0 Å². The molecule has 0 atom stereocenters. The van der Waals surface area contributed by atoms with Crippen molar-refractivity contribution in [2.75, 3.05) is 0 Å². The van der Waals surface area contributed by atoms with Gasteiger partial charge >= 0.3 is 0 Å². The Bertz CT molecular complexity index is 25.9. The Balaban J connectivity index is 0. The highest BCUT2D eigenvalue weighted by Crippen LogP contribution is 1.99. The Morgan fingerprint density at radius 1 is 0.875 bits per heavy atom. The van der Waals surface area contributed by atoms with E-state index >= 15 is 0 Å². The highest BCUT2D eigenvalue weighted by molar-refractivity contribution is 8.27. The predicted octanol–water partition coefficient (Wildman–Crippen LogP) is -4.22. The third kappa shape index (κ3) is 248. The van der Waals surface area contributed by atoms with Crippen LogP contribution in [0.25, 0.3) is 0 Å². The molecule has 0 aliphatic rings. The molecule has 8 heavy (non-hydrogen) atoms. The lowest BCUT2D eigenvalue weighted by Crippen LogP contribution is -2.18. The third-order valence-corrected chi connectivity index (χ3v) is 0. The average Bonchev–Trinajstić information content (AvgIpc) is 1.25. The maximum atomic E-state index is 8.85. The van der Waals surface area contributed by atoms with Crippen molar-refractivity contribution in [2.24, 2.45) is 0 Å². The highest BCUT2D eigenvalue weighted by atomic mass is 32.7. The Hall–Kier alpha value is 1.01. The van der Waals surface area contributed by atoms with Gasteiger partial charge in [-0.2, -0.15) is 0 Å². The number of hydrogen-bond donors (Lipinski definition) is 0. The maximum Gasteiger partial charge on any atom is -0.438 e. The molecule has 0 saturated heterocycles. The second-order valence-electron chi connectivity index (χ2n) is 0.447. The molecule has 0 aromatic carbocycles. The first-order valence-corrected chi connectivity index (χ1v) is 4.38. The molecule has 5 nitrogen and oxygen atoms in total. The van der Waals surface area contributed by atoms with Gasteiger partial charge in [0.1, 0.15) is 0 Å². The summed E-state index contributed by atoms with van der Waals surface area (Å²) < 4.78 is 0. The van der Waals surface area contributed by atoms with Gasteiger partial charge in [-0.1, -0.05) is 0 Å². The van der Waals surface area contributed by atoms with Crippen molar-refractivity contribution in [3.05, 3.63) is 0 Å². The summed E-state index contributed by atoms with van der Waals surface area (Å²) in [5.41, 5.74) is 0. The molecule has 0 aliphatic carbocycles. The van der Waals surface area contributed by atoms with Gasteiger partial charge in [0, 0.05) is 0 Å². The van der Waals surface area contributed by atoms with Gasteiger partial charge in [0.25, 0.3) is 0 Å². The lowest BCUT2D eigenvalue weighted by atomic mass is 15.8. The van der Waals surface area contributed by atoms with Crippen LogP contribution in [-0.4, -0.2) is 0 Å². The second-order valence-corrected chi connectivity index (χ2v) is 2.24. The van der Waals surface area contributed by atoms with E-state index in [0.717, 1.165) is 0 Å². The zero-order valence-electron chi connectivity index (χ0n) is 3.34. The summed E-state index contributed by atoms with van der Waals surface area (Å²) in [5.74, 6) is 0. The van der Waals surface area contributed by atoms with Crippen LogP contribution in [0.5, 0.6) is 0 Å². The smallest absolute Gasteiger partial charge is 0.438 e. The summed E-state index contributed by atoms with van der Waals surface area (Å²) in [5, 5.41) is 0. The molecule has 0 unspecified atom stereocenters. The molecule has 52 valence electrons. The zero-order chi connectivity index (χ0) is 7.15. The third-order valence-electron chi connectivity index (χ3n) is 0. The minimum Gasteiger partial charge on any atom is -0.860 e. The lowest BCUT2D eigenvalue weighted by molar-refractivity contribution is -0.407. The van der Waals surface area contributed by atoms with E-state index < -0.39 is 16.2 Å². The first kappa shape index (κ1) is 11.8. The van der Waals surface area contributed by atoms with Crippen molar-refractivity contribution in [1.29, 1.82) is 0 Å². The molecule has 0 amide bonds. The summed E-state index contributed by atoms with van der Waals surface area (Å²) in [6.45, 7) is 0. The SMILES string of the molecule is [O-]P([O-])[O-].[O-]P([O-])[S-]. The van der Waals surface area contributed by atoms with Crippen LogP contribution in [0.2, 0.25) is 0 Å². The molecule has 0 heterocycles. The van der Waals surface area contributed by atoms with Crippen LogP contribution in [0.1, 0.15) is 0 Å². The van der Waals surface area contributed by atoms with E-state index in [9.17, 15) is 0 Å². The molecular weight excluding hydrogens is 174 g/mol. The Kier molecular flexibility index (Phi) is 11.8. The quantitative estimate of drug-likeness (QED) is 0.271. The van der Waals surface area contributed by atoms with Crippen LogP contribution in [0.3, 0.4) is 0 Å². The monoisotopic (exact) mass is 174 g/mol. The van der Waals surface area contributed by atoms with E-state index in [0.29, 0.717) is 0 Å². The predicted molar refractivity (Wildman–Crippen MR) is 21.2 cm³/mol. The van der Waals surface area contributed by atoms with E-state index in [1.165, 1.54) is 0 Å². The average molecular weight is 174 g/mol. The molecule has 0 radical (unpaired) electrons. The molecule has 0 aromatic rings. The molecule has 0 fully saturated rings. The maximum absolute atomic E-state index is 8.85. The van der Waals surface area contributed by atoms with Gasteiger partial charge in [0.2, 0.25) is 0 Å². The van der Waals surface area contributed by atoms with Crippen LogP contribution in [0.15, 0.2) is 0 Å². The summed E-state index contributed by atoms with van der Waals surface area (Å²) in [6, 6.07) is 0. The molecule has 0 bridgehead atoms. The van der Waals surface area contributed by atoms with Crippen LogP contribution in [-0.2, 0) is 12.2 Å². The summed E-state index contributed by atoms with van der Waals surface area (Å²) in [6.07, 6.45) is 0. The van der Waals surface area contributed by atoms with Crippen molar-refractivity contribution < 1.29 is 24.5 Å². The van der Waals surface area contributed by atoms with Gasteiger partial charge in [-0.3, -0.25) is 0 Å². The van der Waals surface area contributed by atoms with Gasteiger partial charge in [0.05, 0.1) is 0 Å². The topological polar surface area (TPSA) is 115 Å². The number of hydrogen-bond acceptors (Lipinski definition) is 6. The van der Waals surface area contributed by atoms with E-state index in [1.807, 2.05) is 0 Å². The standard InChI is InChI=1S/O3P.O2PS/c1-4(2)3;1-3(2)4/q2*-3. The fourth-order valence-electron chi connectivity index (χ4n) is 0. The van der Waals surface area contributed by atoms with Crippen LogP contribution in [0, 0.1) is 0 Å². The van der Waals surface area contributed by atoms with Crippen LogP contribution in [0.4, 0.5) is 0 Å². The molecular formula is O5P2S-6. The summed E-state index contributed by atoms with van der Waals surface area (Å²) in [4.78, 5) is 43.1. The van der Waals surface area contributed by atoms with Gasteiger partial charge in [0.15, 0.2) is 0 Å². The first-order valence-electron chi connectivity index (χ1n) is 1.10. The Labute approximate surface area is 53.7 Å². The van der Waals surface area contributed by atoms with Gasteiger partial charge < -0.3 is 52.9 Å². The summed E-state index contributed by atoms with van der Waals surface area (Å²) >= 11 is 3.57. The van der Waals surface area contributed by atoms with Crippen LogP contribution < -0.4 is 24.5 Å².